The zero-order valence-electron chi connectivity index (χ0n) is 23.0. The first kappa shape index (κ1) is 31.7. The van der Waals surface area contributed by atoms with E-state index in [0.717, 1.165) is 36.8 Å². The molecule has 0 amide bonds. The molecule has 3 N–H and O–H groups in total. The van der Waals surface area contributed by atoms with E-state index in [4.69, 9.17) is 9.47 Å². The Balaban J connectivity index is 1.93. The Hall–Kier alpha value is -2.48. The number of carbonyl (C=O) groups excluding carboxylic acids is 2. The molecule has 0 radical (unpaired) electrons. The first-order valence-electron chi connectivity index (χ1n) is 13.9. The van der Waals surface area contributed by atoms with Gasteiger partial charge in [-0.05, 0) is 82.6 Å². The number of unbranched alkanes of at least 4 members (excludes halogenated alkanes) is 1. The molecule has 1 saturated carbocycles. The van der Waals surface area contributed by atoms with E-state index < -0.39 is 31.2 Å². The molecular formula is C31H46O7. The van der Waals surface area contributed by atoms with Gasteiger partial charge in [0, 0.05) is 6.42 Å². The minimum absolute atomic E-state index is 0.0396. The predicted molar refractivity (Wildman–Crippen MR) is 147 cm³/mol. The number of aliphatic hydroxyl groups excluding tert-OH is 3. The third kappa shape index (κ3) is 11.1. The van der Waals surface area contributed by atoms with Gasteiger partial charge in [0.2, 0.25) is 0 Å². The van der Waals surface area contributed by atoms with Crippen LogP contribution in [-0.4, -0.2) is 58.8 Å². The van der Waals surface area contributed by atoms with Crippen LogP contribution in [0.1, 0.15) is 70.8 Å². The fourth-order valence-electron chi connectivity index (χ4n) is 5.01. The second kappa shape index (κ2) is 17.2. The monoisotopic (exact) mass is 530 g/mol. The van der Waals surface area contributed by atoms with Crippen LogP contribution in [0.5, 0.6) is 0 Å². The number of hydrogen-bond acceptors (Lipinski definition) is 7. The van der Waals surface area contributed by atoms with Crippen LogP contribution in [0, 0.1) is 17.8 Å². The van der Waals surface area contributed by atoms with E-state index in [1.54, 1.807) is 0 Å². The van der Waals surface area contributed by atoms with Crippen molar-refractivity contribution in [2.45, 2.75) is 89.9 Å². The molecule has 1 aromatic rings. The molecule has 1 aliphatic rings. The minimum Gasteiger partial charge on any atom is -0.463 e. The van der Waals surface area contributed by atoms with Gasteiger partial charge in [-0.1, -0.05) is 54.6 Å². The maximum atomic E-state index is 12.5. The van der Waals surface area contributed by atoms with E-state index >= 15 is 0 Å². The largest absolute Gasteiger partial charge is 0.463 e. The van der Waals surface area contributed by atoms with Crippen LogP contribution in [0.25, 0.3) is 0 Å². The summed E-state index contributed by atoms with van der Waals surface area (Å²) in [7, 11) is 0. The molecule has 0 heterocycles. The van der Waals surface area contributed by atoms with Crippen molar-refractivity contribution in [3.05, 3.63) is 60.2 Å². The minimum atomic E-state index is -0.942. The molecule has 0 spiro atoms. The highest BCUT2D eigenvalue weighted by Gasteiger charge is 2.37. The Bertz CT molecular complexity index is 875. The summed E-state index contributed by atoms with van der Waals surface area (Å²) in [5.74, 6) is -1.56. The molecule has 0 aromatic heterocycles. The van der Waals surface area contributed by atoms with Crippen molar-refractivity contribution in [3.63, 3.8) is 0 Å². The third-order valence-corrected chi connectivity index (χ3v) is 7.15. The maximum absolute atomic E-state index is 12.5. The maximum Gasteiger partial charge on any atom is 0.313 e. The molecule has 0 aliphatic heterocycles. The standard InChI is InChI=1S/C31H46O7/c1-22(2)37-30(35)14-10-5-4-9-13-28-27(23(3)19-29(28)34)18-17-26(38-31(36)25(20-32)21-33)16-15-24-11-7-6-8-12-24/h4,6-9,11-12,22,25-29,32-34H,3,5,10,13-21H2,1-2H3. The third-order valence-electron chi connectivity index (χ3n) is 7.15. The van der Waals surface area contributed by atoms with Crippen LogP contribution in [-0.2, 0) is 25.5 Å². The predicted octanol–water partition coefficient (Wildman–Crippen LogP) is 4.53. The summed E-state index contributed by atoms with van der Waals surface area (Å²) < 4.78 is 10.9. The van der Waals surface area contributed by atoms with Crippen LogP contribution < -0.4 is 0 Å². The fourth-order valence-corrected chi connectivity index (χ4v) is 5.01. The summed E-state index contributed by atoms with van der Waals surface area (Å²) in [6.07, 6.45) is 9.09. The second-order valence-electron chi connectivity index (χ2n) is 10.6. The van der Waals surface area contributed by atoms with Gasteiger partial charge in [-0.15, -0.1) is 0 Å². The van der Waals surface area contributed by atoms with Gasteiger partial charge >= 0.3 is 11.9 Å². The van der Waals surface area contributed by atoms with E-state index in [9.17, 15) is 24.9 Å². The summed E-state index contributed by atoms with van der Waals surface area (Å²) in [6, 6.07) is 9.98. The lowest BCUT2D eigenvalue weighted by Crippen LogP contribution is -2.30. The number of allylic oxidation sites excluding steroid dienone is 2. The van der Waals surface area contributed by atoms with Crippen molar-refractivity contribution in [1.29, 1.82) is 0 Å². The van der Waals surface area contributed by atoms with Gasteiger partial charge in [0.15, 0.2) is 0 Å². The Morgan fingerprint density at radius 1 is 1.08 bits per heavy atom. The van der Waals surface area contributed by atoms with Gasteiger partial charge < -0.3 is 24.8 Å². The molecule has 7 nitrogen and oxygen atoms in total. The zero-order chi connectivity index (χ0) is 27.9. The van der Waals surface area contributed by atoms with Crippen LogP contribution in [0.2, 0.25) is 0 Å². The van der Waals surface area contributed by atoms with Crippen molar-refractivity contribution < 1.29 is 34.4 Å². The number of aliphatic hydroxyl groups is 3. The highest BCUT2D eigenvalue weighted by molar-refractivity contribution is 5.72. The van der Waals surface area contributed by atoms with E-state index in [2.05, 4.69) is 18.7 Å². The molecular weight excluding hydrogens is 484 g/mol. The number of esters is 2. The van der Waals surface area contributed by atoms with Gasteiger partial charge in [-0.3, -0.25) is 9.59 Å². The molecule has 4 atom stereocenters. The van der Waals surface area contributed by atoms with Gasteiger partial charge in [0.05, 0.1) is 25.4 Å². The molecule has 1 aliphatic carbocycles. The molecule has 1 fully saturated rings. The quantitative estimate of drug-likeness (QED) is 0.154. The average Bonchev–Trinajstić information content (AvgIpc) is 3.15. The molecule has 212 valence electrons. The number of ether oxygens (including phenoxy) is 2. The second-order valence-corrected chi connectivity index (χ2v) is 10.6. The van der Waals surface area contributed by atoms with Crippen molar-refractivity contribution in [2.75, 3.05) is 13.2 Å². The Kier molecular flexibility index (Phi) is 14.3. The highest BCUT2D eigenvalue weighted by Crippen LogP contribution is 2.41. The van der Waals surface area contributed by atoms with E-state index in [1.165, 1.54) is 0 Å². The van der Waals surface area contributed by atoms with Gasteiger partial charge in [0.1, 0.15) is 12.0 Å². The average molecular weight is 531 g/mol. The first-order valence-corrected chi connectivity index (χ1v) is 13.9. The van der Waals surface area contributed by atoms with E-state index in [1.807, 2.05) is 44.2 Å². The summed E-state index contributed by atoms with van der Waals surface area (Å²) in [5.41, 5.74) is 2.17. The Morgan fingerprint density at radius 2 is 1.79 bits per heavy atom. The summed E-state index contributed by atoms with van der Waals surface area (Å²) in [4.78, 5) is 24.2. The number of benzene rings is 1. The summed E-state index contributed by atoms with van der Waals surface area (Å²) in [6.45, 7) is 6.97. The van der Waals surface area contributed by atoms with Crippen LogP contribution >= 0.6 is 0 Å². The highest BCUT2D eigenvalue weighted by atomic mass is 16.5. The van der Waals surface area contributed by atoms with Gasteiger partial charge in [0.25, 0.3) is 0 Å². The lowest BCUT2D eigenvalue weighted by Gasteiger charge is -2.25. The fraction of sp³-hybridized carbons (Fsp3) is 0.613. The molecule has 38 heavy (non-hydrogen) atoms. The van der Waals surface area contributed by atoms with Gasteiger partial charge in [-0.25, -0.2) is 0 Å². The lowest BCUT2D eigenvalue weighted by atomic mass is 9.85. The molecule has 7 heteroatoms. The Labute approximate surface area is 227 Å². The van der Waals surface area contributed by atoms with E-state index in [-0.39, 0.29) is 30.0 Å². The smallest absolute Gasteiger partial charge is 0.313 e. The number of rotatable bonds is 17. The molecule has 0 bridgehead atoms. The number of aryl methyl sites for hydroxylation is 1. The SMILES string of the molecule is C=C1CC(O)C(CC=CCCCC(=O)OC(C)C)C1CCC(CCc1ccccc1)OC(=O)C(CO)CO. The van der Waals surface area contributed by atoms with Crippen LogP contribution in [0.15, 0.2) is 54.6 Å². The first-order chi connectivity index (χ1) is 18.2. The summed E-state index contributed by atoms with van der Waals surface area (Å²) in [5, 5.41) is 29.5. The van der Waals surface area contributed by atoms with E-state index in [0.29, 0.717) is 32.1 Å². The molecule has 2 rings (SSSR count). The number of hydrogen-bond donors (Lipinski definition) is 3. The summed E-state index contributed by atoms with van der Waals surface area (Å²) >= 11 is 0. The topological polar surface area (TPSA) is 113 Å². The van der Waals surface area contributed by atoms with Crippen molar-refractivity contribution >= 4 is 11.9 Å². The number of carbonyl (C=O) groups is 2. The van der Waals surface area contributed by atoms with Gasteiger partial charge in [-0.2, -0.15) is 0 Å². The zero-order valence-corrected chi connectivity index (χ0v) is 23.0. The van der Waals surface area contributed by atoms with Crippen molar-refractivity contribution in [1.82, 2.24) is 0 Å². The van der Waals surface area contributed by atoms with Crippen LogP contribution in [0.4, 0.5) is 0 Å². The lowest BCUT2D eigenvalue weighted by molar-refractivity contribution is -0.158. The molecule has 0 saturated heterocycles. The normalized spacial score (nSPS) is 20.4. The molecule has 4 unspecified atom stereocenters. The van der Waals surface area contributed by atoms with Crippen molar-refractivity contribution in [3.8, 4) is 0 Å². The Morgan fingerprint density at radius 3 is 2.45 bits per heavy atom. The van der Waals surface area contributed by atoms with Crippen molar-refractivity contribution in [2.24, 2.45) is 17.8 Å². The van der Waals surface area contributed by atoms with Crippen LogP contribution in [0.3, 0.4) is 0 Å². The molecule has 1 aromatic carbocycles.